The van der Waals surface area contributed by atoms with E-state index < -0.39 is 0 Å². The predicted molar refractivity (Wildman–Crippen MR) is 68.4 cm³/mol. The van der Waals surface area contributed by atoms with Crippen molar-refractivity contribution < 1.29 is 4.39 Å². The van der Waals surface area contributed by atoms with Gasteiger partial charge in [-0.1, -0.05) is 12.1 Å². The number of hydrogen-bond acceptors (Lipinski definition) is 2. The van der Waals surface area contributed by atoms with Crippen LogP contribution in [0.15, 0.2) is 28.9 Å². The van der Waals surface area contributed by atoms with Crippen LogP contribution in [-0.2, 0) is 6.54 Å². The van der Waals surface area contributed by atoms with E-state index in [9.17, 15) is 4.39 Å². The van der Waals surface area contributed by atoms with Crippen molar-refractivity contribution in [2.75, 3.05) is 11.9 Å². The van der Waals surface area contributed by atoms with Crippen molar-refractivity contribution in [2.45, 2.75) is 13.0 Å². The first-order chi connectivity index (χ1) is 8.27. The molecular weight excluding hydrogens is 285 g/mol. The Labute approximate surface area is 107 Å². The third kappa shape index (κ3) is 1.74. The van der Waals surface area contributed by atoms with Gasteiger partial charge in [0.05, 0.1) is 5.56 Å². The van der Waals surface area contributed by atoms with Gasteiger partial charge in [-0.3, -0.25) is 0 Å². The third-order valence-corrected chi connectivity index (χ3v) is 3.44. The molecule has 0 spiro atoms. The molecule has 0 fully saturated rings. The molecule has 0 amide bonds. The first-order valence-electron chi connectivity index (χ1n) is 5.52. The van der Waals surface area contributed by atoms with Gasteiger partial charge in [0.15, 0.2) is 0 Å². The standard InChI is InChI=1S/C12H11BrFN3/c13-10-12-15-6-3-7-17(12)11(16-10)8-4-1-2-5-9(8)14/h1-2,4-5,15H,3,6-7H2. The average Bonchev–Trinajstić information content (AvgIpc) is 2.68. The number of halogens is 2. The van der Waals surface area contributed by atoms with Gasteiger partial charge >= 0.3 is 0 Å². The monoisotopic (exact) mass is 295 g/mol. The largest absolute Gasteiger partial charge is 0.369 e. The van der Waals surface area contributed by atoms with Gasteiger partial charge in [0.25, 0.3) is 0 Å². The lowest BCUT2D eigenvalue weighted by atomic mass is 10.2. The maximum atomic E-state index is 13.8. The highest BCUT2D eigenvalue weighted by atomic mass is 79.9. The summed E-state index contributed by atoms with van der Waals surface area (Å²) in [7, 11) is 0. The van der Waals surface area contributed by atoms with E-state index in [4.69, 9.17) is 0 Å². The number of rotatable bonds is 1. The Kier molecular flexibility index (Phi) is 2.63. The van der Waals surface area contributed by atoms with E-state index in [-0.39, 0.29) is 5.82 Å². The van der Waals surface area contributed by atoms with Gasteiger partial charge in [0, 0.05) is 13.1 Å². The summed E-state index contributed by atoms with van der Waals surface area (Å²) in [6, 6.07) is 6.73. The number of imidazole rings is 1. The molecule has 1 N–H and O–H groups in total. The van der Waals surface area contributed by atoms with Crippen LogP contribution in [0, 0.1) is 5.82 Å². The second-order valence-corrected chi connectivity index (χ2v) is 4.74. The van der Waals surface area contributed by atoms with Crippen LogP contribution in [0.2, 0.25) is 0 Å². The molecule has 17 heavy (non-hydrogen) atoms. The fourth-order valence-electron chi connectivity index (χ4n) is 2.10. The van der Waals surface area contributed by atoms with E-state index >= 15 is 0 Å². The quantitative estimate of drug-likeness (QED) is 0.875. The summed E-state index contributed by atoms with van der Waals surface area (Å²) >= 11 is 3.41. The van der Waals surface area contributed by atoms with E-state index in [2.05, 4.69) is 26.2 Å². The highest BCUT2D eigenvalue weighted by Gasteiger charge is 2.20. The lowest BCUT2D eigenvalue weighted by Gasteiger charge is -2.18. The van der Waals surface area contributed by atoms with Crippen LogP contribution in [0.4, 0.5) is 10.2 Å². The maximum absolute atomic E-state index is 13.8. The van der Waals surface area contributed by atoms with Crippen molar-refractivity contribution in [2.24, 2.45) is 0 Å². The molecule has 0 unspecified atom stereocenters. The lowest BCUT2D eigenvalue weighted by Crippen LogP contribution is -2.17. The lowest BCUT2D eigenvalue weighted by molar-refractivity contribution is 0.614. The number of fused-ring (bicyclic) bond motifs is 1. The fraction of sp³-hybridized carbons (Fsp3) is 0.250. The average molecular weight is 296 g/mol. The molecule has 0 aliphatic carbocycles. The minimum atomic E-state index is -0.238. The smallest absolute Gasteiger partial charge is 0.149 e. The SMILES string of the molecule is Fc1ccccc1-c1nc(Br)c2n1CCCN2. The molecule has 0 radical (unpaired) electrons. The van der Waals surface area contributed by atoms with Crippen molar-refractivity contribution in [1.82, 2.24) is 9.55 Å². The predicted octanol–water partition coefficient (Wildman–Crippen LogP) is 3.27. The summed E-state index contributed by atoms with van der Waals surface area (Å²) in [6.07, 6.45) is 1.03. The van der Waals surface area contributed by atoms with Crippen LogP contribution in [0.3, 0.4) is 0 Å². The fourth-order valence-corrected chi connectivity index (χ4v) is 2.62. The van der Waals surface area contributed by atoms with Gasteiger partial charge in [0.2, 0.25) is 0 Å². The van der Waals surface area contributed by atoms with Crippen molar-refractivity contribution >= 4 is 21.7 Å². The Bertz CT molecular complexity index is 565. The number of hydrogen-bond donors (Lipinski definition) is 1. The summed E-state index contributed by atoms with van der Waals surface area (Å²) in [6.45, 7) is 1.80. The van der Waals surface area contributed by atoms with Gasteiger partial charge in [-0.2, -0.15) is 0 Å². The first-order valence-corrected chi connectivity index (χ1v) is 6.31. The molecule has 2 heterocycles. The van der Waals surface area contributed by atoms with Gasteiger partial charge in [-0.15, -0.1) is 0 Å². The number of benzene rings is 1. The Balaban J connectivity index is 2.19. The summed E-state index contributed by atoms with van der Waals surface area (Å²) in [5.74, 6) is 1.38. The molecule has 1 aliphatic rings. The van der Waals surface area contributed by atoms with Crippen LogP contribution in [-0.4, -0.2) is 16.1 Å². The van der Waals surface area contributed by atoms with Crippen LogP contribution >= 0.6 is 15.9 Å². The minimum absolute atomic E-state index is 0.238. The molecule has 2 aromatic rings. The number of anilines is 1. The molecule has 88 valence electrons. The van der Waals surface area contributed by atoms with E-state index in [1.165, 1.54) is 6.07 Å². The number of nitrogens with one attached hydrogen (secondary N) is 1. The topological polar surface area (TPSA) is 29.9 Å². The zero-order valence-corrected chi connectivity index (χ0v) is 10.7. The third-order valence-electron chi connectivity index (χ3n) is 2.89. The molecule has 3 nitrogen and oxygen atoms in total. The molecule has 3 rings (SSSR count). The van der Waals surface area contributed by atoms with Crippen molar-refractivity contribution in [1.29, 1.82) is 0 Å². The summed E-state index contributed by atoms with van der Waals surface area (Å²) < 4.78 is 16.5. The van der Waals surface area contributed by atoms with Crippen molar-refractivity contribution in [3.8, 4) is 11.4 Å². The van der Waals surface area contributed by atoms with Crippen molar-refractivity contribution in [3.05, 3.63) is 34.7 Å². The van der Waals surface area contributed by atoms with Gasteiger partial charge in [-0.05, 0) is 34.5 Å². The molecular formula is C12H11BrFN3. The molecule has 0 saturated heterocycles. The molecule has 0 bridgehead atoms. The van der Waals surface area contributed by atoms with Crippen LogP contribution in [0.25, 0.3) is 11.4 Å². The van der Waals surface area contributed by atoms with Crippen LogP contribution in [0.5, 0.6) is 0 Å². The zero-order chi connectivity index (χ0) is 11.8. The number of aromatic nitrogens is 2. The molecule has 0 atom stereocenters. The molecule has 1 aromatic heterocycles. The molecule has 0 saturated carbocycles. The van der Waals surface area contributed by atoms with Crippen LogP contribution < -0.4 is 5.32 Å². The molecule has 1 aromatic carbocycles. The highest BCUT2D eigenvalue weighted by molar-refractivity contribution is 9.10. The van der Waals surface area contributed by atoms with E-state index in [0.717, 1.165) is 29.9 Å². The Hall–Kier alpha value is -1.36. The second-order valence-electron chi connectivity index (χ2n) is 3.99. The maximum Gasteiger partial charge on any atom is 0.149 e. The summed E-state index contributed by atoms with van der Waals surface area (Å²) in [5, 5.41) is 3.27. The first kappa shape index (κ1) is 10.8. The Morgan fingerprint density at radius 2 is 2.18 bits per heavy atom. The minimum Gasteiger partial charge on any atom is -0.369 e. The molecule has 5 heteroatoms. The number of nitrogens with zero attached hydrogens (tertiary/aromatic N) is 2. The highest BCUT2D eigenvalue weighted by Crippen LogP contribution is 2.32. The van der Waals surface area contributed by atoms with Gasteiger partial charge in [-0.25, -0.2) is 9.37 Å². The van der Waals surface area contributed by atoms with Gasteiger partial charge in [0.1, 0.15) is 22.1 Å². The van der Waals surface area contributed by atoms with Crippen molar-refractivity contribution in [3.63, 3.8) is 0 Å². The normalized spacial score (nSPS) is 14.2. The zero-order valence-electron chi connectivity index (χ0n) is 9.08. The summed E-state index contributed by atoms with van der Waals surface area (Å²) in [4.78, 5) is 4.40. The second kappa shape index (κ2) is 4.14. The van der Waals surface area contributed by atoms with Gasteiger partial charge < -0.3 is 9.88 Å². The van der Waals surface area contributed by atoms with E-state index in [1.54, 1.807) is 12.1 Å². The summed E-state index contributed by atoms with van der Waals surface area (Å²) in [5.41, 5.74) is 0.545. The molecule has 1 aliphatic heterocycles. The van der Waals surface area contributed by atoms with Crippen LogP contribution in [0.1, 0.15) is 6.42 Å². The van der Waals surface area contributed by atoms with E-state index in [0.29, 0.717) is 11.4 Å². The van der Waals surface area contributed by atoms with E-state index in [1.807, 2.05) is 10.6 Å². The Morgan fingerprint density at radius 3 is 3.00 bits per heavy atom. The Morgan fingerprint density at radius 1 is 1.35 bits per heavy atom.